The Kier molecular flexibility index (Phi) is 3.18. The Hall–Kier alpha value is -1.94. The van der Waals surface area contributed by atoms with Gasteiger partial charge in [-0.3, -0.25) is 4.79 Å². The predicted molar refractivity (Wildman–Crippen MR) is 83.7 cm³/mol. The maximum atomic E-state index is 11.0. The van der Waals surface area contributed by atoms with Crippen LogP contribution in [0.4, 0.5) is 0 Å². The smallest absolute Gasteiger partial charge is 0.307 e. The number of nitrogens with one attached hydrogen (secondary N) is 1. The lowest BCUT2D eigenvalue weighted by molar-refractivity contribution is -0.136. The van der Waals surface area contributed by atoms with E-state index >= 15 is 0 Å². The summed E-state index contributed by atoms with van der Waals surface area (Å²) in [5, 5.41) is 11.5. The molecule has 2 aromatic carbocycles. The lowest BCUT2D eigenvalue weighted by Crippen LogP contribution is -2.02. The van der Waals surface area contributed by atoms with Crippen molar-refractivity contribution in [2.45, 2.75) is 18.2 Å². The zero-order valence-electron chi connectivity index (χ0n) is 11.4. The Morgan fingerprint density at radius 3 is 2.80 bits per heavy atom. The van der Waals surface area contributed by atoms with Crippen molar-refractivity contribution in [2.24, 2.45) is 0 Å². The number of rotatable bonds is 3. The van der Waals surface area contributed by atoms with Crippen LogP contribution in [0.5, 0.6) is 0 Å². The molecule has 0 bridgehead atoms. The molecule has 0 saturated carbocycles. The van der Waals surface area contributed by atoms with E-state index in [2.05, 4.69) is 17.1 Å². The van der Waals surface area contributed by atoms with Gasteiger partial charge in [0.15, 0.2) is 0 Å². The summed E-state index contributed by atoms with van der Waals surface area (Å²) in [5.41, 5.74) is 4.14. The minimum Gasteiger partial charge on any atom is -0.481 e. The number of aromatic amines is 1. The molecule has 0 amide bonds. The zero-order chi connectivity index (χ0) is 14.3. The molecule has 2 N–H and O–H groups in total. The van der Waals surface area contributed by atoms with Gasteiger partial charge in [0, 0.05) is 21.2 Å². The number of thioether (sulfide) groups is 1. The van der Waals surface area contributed by atoms with Crippen molar-refractivity contribution in [2.75, 3.05) is 6.26 Å². The third-order valence-electron chi connectivity index (χ3n) is 3.56. The first-order valence-corrected chi connectivity index (χ1v) is 7.63. The van der Waals surface area contributed by atoms with Crippen LogP contribution in [-0.2, 0) is 11.2 Å². The zero-order valence-corrected chi connectivity index (χ0v) is 12.2. The van der Waals surface area contributed by atoms with E-state index in [-0.39, 0.29) is 6.42 Å². The van der Waals surface area contributed by atoms with Crippen molar-refractivity contribution in [3.05, 3.63) is 41.5 Å². The number of aryl methyl sites for hydroxylation is 1. The van der Waals surface area contributed by atoms with Gasteiger partial charge in [0.1, 0.15) is 0 Å². The highest BCUT2D eigenvalue weighted by atomic mass is 32.2. The van der Waals surface area contributed by atoms with Gasteiger partial charge in [-0.25, -0.2) is 0 Å². The number of carboxylic acids is 1. The van der Waals surface area contributed by atoms with E-state index in [0.717, 1.165) is 27.1 Å². The summed E-state index contributed by atoms with van der Waals surface area (Å²) in [6.07, 6.45) is 2.04. The van der Waals surface area contributed by atoms with Gasteiger partial charge in [-0.15, -0.1) is 11.8 Å². The van der Waals surface area contributed by atoms with E-state index < -0.39 is 5.97 Å². The van der Waals surface area contributed by atoms with E-state index in [9.17, 15) is 4.79 Å². The number of H-pyrrole nitrogens is 1. The lowest BCUT2D eigenvalue weighted by atomic mass is 10.0. The first kappa shape index (κ1) is 13.1. The fourth-order valence-corrected chi connectivity index (χ4v) is 3.56. The second kappa shape index (κ2) is 4.87. The standard InChI is InChI=1S/C16H15NO2S/c1-9-7-10(8-13(18)19)16(20-2)15-14(9)11-5-3-4-6-12(11)17-15/h3-7,17H,8H2,1-2H3,(H,18,19). The Bertz CT molecular complexity index is 820. The van der Waals surface area contributed by atoms with Gasteiger partial charge in [0.2, 0.25) is 0 Å². The first-order chi connectivity index (χ1) is 9.61. The molecular formula is C16H15NO2S. The molecule has 0 spiro atoms. The molecule has 20 heavy (non-hydrogen) atoms. The quantitative estimate of drug-likeness (QED) is 0.716. The summed E-state index contributed by atoms with van der Waals surface area (Å²) < 4.78 is 0. The average molecular weight is 285 g/mol. The van der Waals surface area contributed by atoms with Crippen molar-refractivity contribution < 1.29 is 9.90 Å². The highest BCUT2D eigenvalue weighted by Gasteiger charge is 2.15. The van der Waals surface area contributed by atoms with Crippen LogP contribution in [0, 0.1) is 6.92 Å². The highest BCUT2D eigenvalue weighted by molar-refractivity contribution is 7.98. The summed E-state index contributed by atoms with van der Waals surface area (Å²) in [7, 11) is 0. The van der Waals surface area contributed by atoms with Gasteiger partial charge in [-0.2, -0.15) is 0 Å². The Labute approximate surface area is 121 Å². The number of carbonyl (C=O) groups is 1. The van der Waals surface area contributed by atoms with E-state index in [4.69, 9.17) is 5.11 Å². The molecule has 102 valence electrons. The summed E-state index contributed by atoms with van der Waals surface area (Å²) in [5.74, 6) is -0.796. The maximum absolute atomic E-state index is 11.0. The molecule has 0 aliphatic heterocycles. The van der Waals surface area contributed by atoms with Gasteiger partial charge in [-0.1, -0.05) is 24.3 Å². The third kappa shape index (κ3) is 1.96. The lowest BCUT2D eigenvalue weighted by Gasteiger charge is -2.09. The van der Waals surface area contributed by atoms with E-state index in [1.165, 1.54) is 10.8 Å². The van der Waals surface area contributed by atoms with E-state index in [1.54, 1.807) is 11.8 Å². The van der Waals surface area contributed by atoms with Crippen LogP contribution in [0.25, 0.3) is 21.8 Å². The summed E-state index contributed by atoms with van der Waals surface area (Å²) in [6.45, 7) is 2.04. The van der Waals surface area contributed by atoms with E-state index in [0.29, 0.717) is 0 Å². The minimum absolute atomic E-state index is 0.0579. The highest BCUT2D eigenvalue weighted by Crippen LogP contribution is 2.36. The topological polar surface area (TPSA) is 53.1 Å². The average Bonchev–Trinajstić information content (AvgIpc) is 2.77. The van der Waals surface area contributed by atoms with Crippen LogP contribution in [0.3, 0.4) is 0 Å². The first-order valence-electron chi connectivity index (χ1n) is 6.40. The second-order valence-corrected chi connectivity index (χ2v) is 5.69. The molecule has 0 aliphatic carbocycles. The molecule has 0 aliphatic rings. The fourth-order valence-electron chi connectivity index (χ4n) is 2.81. The molecule has 0 radical (unpaired) electrons. The molecule has 0 atom stereocenters. The largest absolute Gasteiger partial charge is 0.481 e. The molecule has 1 heterocycles. The van der Waals surface area contributed by atoms with Gasteiger partial charge in [0.05, 0.1) is 11.9 Å². The minimum atomic E-state index is -0.796. The third-order valence-corrected chi connectivity index (χ3v) is 4.43. The van der Waals surface area contributed by atoms with Crippen LogP contribution in [0.1, 0.15) is 11.1 Å². The number of hydrogen-bond acceptors (Lipinski definition) is 2. The number of benzene rings is 2. The number of fused-ring (bicyclic) bond motifs is 3. The van der Waals surface area contributed by atoms with Gasteiger partial charge < -0.3 is 10.1 Å². The summed E-state index contributed by atoms with van der Waals surface area (Å²) in [4.78, 5) is 15.5. The normalized spacial score (nSPS) is 11.3. The molecule has 3 rings (SSSR count). The van der Waals surface area contributed by atoms with Crippen LogP contribution in [0.2, 0.25) is 0 Å². The number of aliphatic carboxylic acids is 1. The summed E-state index contributed by atoms with van der Waals surface area (Å²) in [6, 6.07) is 10.2. The SMILES string of the molecule is CSc1c(CC(=O)O)cc(C)c2c1[nH]c1ccccc12. The van der Waals surface area contributed by atoms with Crippen molar-refractivity contribution in [1.29, 1.82) is 0 Å². The monoisotopic (exact) mass is 285 g/mol. The molecular weight excluding hydrogens is 270 g/mol. The number of carboxylic acid groups (broad SMARTS) is 1. The van der Waals surface area contributed by atoms with Crippen molar-refractivity contribution >= 4 is 39.5 Å². The van der Waals surface area contributed by atoms with Crippen LogP contribution >= 0.6 is 11.8 Å². The Balaban J connectivity index is 2.41. The molecule has 4 heteroatoms. The van der Waals surface area contributed by atoms with Crippen LogP contribution in [0.15, 0.2) is 35.2 Å². The number of para-hydroxylation sites is 1. The molecule has 0 fully saturated rings. The summed E-state index contributed by atoms with van der Waals surface area (Å²) >= 11 is 1.60. The molecule has 3 aromatic rings. The number of hydrogen-bond donors (Lipinski definition) is 2. The predicted octanol–water partition coefficient (Wildman–Crippen LogP) is 3.98. The van der Waals surface area contributed by atoms with Gasteiger partial charge in [-0.05, 0) is 30.4 Å². The Morgan fingerprint density at radius 1 is 1.35 bits per heavy atom. The molecule has 3 nitrogen and oxygen atoms in total. The van der Waals surface area contributed by atoms with Crippen LogP contribution in [-0.4, -0.2) is 22.3 Å². The van der Waals surface area contributed by atoms with E-state index in [1.807, 2.05) is 31.4 Å². The fraction of sp³-hybridized carbons (Fsp3) is 0.188. The maximum Gasteiger partial charge on any atom is 0.307 e. The molecule has 1 aromatic heterocycles. The van der Waals surface area contributed by atoms with Gasteiger partial charge in [0.25, 0.3) is 0 Å². The van der Waals surface area contributed by atoms with Crippen molar-refractivity contribution in [1.82, 2.24) is 4.98 Å². The second-order valence-electron chi connectivity index (χ2n) is 4.88. The van der Waals surface area contributed by atoms with Gasteiger partial charge >= 0.3 is 5.97 Å². The molecule has 0 saturated heterocycles. The van der Waals surface area contributed by atoms with Crippen LogP contribution < -0.4 is 0 Å². The number of aromatic nitrogens is 1. The Morgan fingerprint density at radius 2 is 2.10 bits per heavy atom. The van der Waals surface area contributed by atoms with Crippen molar-refractivity contribution in [3.8, 4) is 0 Å². The van der Waals surface area contributed by atoms with Crippen molar-refractivity contribution in [3.63, 3.8) is 0 Å². The molecule has 0 unspecified atom stereocenters.